The molecule has 69 heavy (non-hydrogen) atoms. The number of benzene rings is 11. The molecular weight excluding hydrogens is 859 g/mol. The van der Waals surface area contributed by atoms with E-state index in [2.05, 4.69) is 185 Å². The van der Waals surface area contributed by atoms with Gasteiger partial charge >= 0.3 is 0 Å². The van der Waals surface area contributed by atoms with Gasteiger partial charge in [0.05, 0.1) is 28.9 Å². The van der Waals surface area contributed by atoms with Crippen LogP contribution in [-0.4, -0.2) is 9.13 Å². The Bertz CT molecular complexity index is 4770. The van der Waals surface area contributed by atoms with Gasteiger partial charge in [-0.3, -0.25) is 0 Å². The molecule has 4 nitrogen and oxygen atoms in total. The van der Waals surface area contributed by atoms with Crippen molar-refractivity contribution in [3.05, 3.63) is 236 Å². The molecule has 15 rings (SSSR count). The minimum Gasteiger partial charge on any atom is -0.455 e. The van der Waals surface area contributed by atoms with Crippen LogP contribution in [0.5, 0.6) is 0 Å². The van der Waals surface area contributed by atoms with E-state index in [-0.39, 0.29) is 29.9 Å². The summed E-state index contributed by atoms with van der Waals surface area (Å²) in [5.41, 5.74) is 11.5. The number of fused-ring (bicyclic) bond motifs is 14. The molecule has 5 heteroatoms. The van der Waals surface area contributed by atoms with Crippen LogP contribution in [0.1, 0.15) is 6.85 Å². The van der Waals surface area contributed by atoms with Gasteiger partial charge in [-0.15, -0.1) is 11.3 Å². The van der Waals surface area contributed by atoms with Crippen molar-refractivity contribution in [1.29, 1.82) is 0 Å². The zero-order valence-electron chi connectivity index (χ0n) is 41.8. The minimum absolute atomic E-state index is 0.0982. The number of rotatable bonds is 6. The Morgan fingerprint density at radius 1 is 0.377 bits per heavy atom. The van der Waals surface area contributed by atoms with Gasteiger partial charge in [-0.05, 0) is 138 Å². The third-order valence-electron chi connectivity index (χ3n) is 14.0. The molecule has 0 fully saturated rings. The Hall–Kier alpha value is -8.90. The van der Waals surface area contributed by atoms with Gasteiger partial charge in [-0.25, -0.2) is 0 Å². The SMILES string of the molecule is [2H]c1c([2H])c([2H])c(-n2c3ccc(-c4ccc(N(c5ccc(-n6c7ccccc7c7ccccc76)cc5)c5ccc6sc7ccccc7c6c5)cc4)cc3c3cc4ccc5c6ccccc6oc5c4cc32)c([2H])c1[2H]. The van der Waals surface area contributed by atoms with E-state index in [9.17, 15) is 0 Å². The fraction of sp³-hybridized carbons (Fsp3) is 0. The van der Waals surface area contributed by atoms with Crippen molar-refractivity contribution in [3.63, 3.8) is 0 Å². The molecule has 0 aliphatic rings. The molecule has 0 aliphatic heterocycles. The summed E-state index contributed by atoms with van der Waals surface area (Å²) in [5.74, 6) is 0. The maximum Gasteiger partial charge on any atom is 0.143 e. The van der Waals surface area contributed by atoms with Gasteiger partial charge in [0, 0.05) is 86.3 Å². The fourth-order valence-electron chi connectivity index (χ4n) is 10.9. The van der Waals surface area contributed by atoms with Crippen LogP contribution < -0.4 is 4.90 Å². The number of thiophene rings is 1. The summed E-state index contributed by atoms with van der Waals surface area (Å²) in [6.07, 6.45) is 0. The Morgan fingerprint density at radius 2 is 0.986 bits per heavy atom. The van der Waals surface area contributed by atoms with Gasteiger partial charge in [-0.2, -0.15) is 0 Å². The highest BCUT2D eigenvalue weighted by Crippen LogP contribution is 2.44. The van der Waals surface area contributed by atoms with E-state index in [0.717, 1.165) is 93.9 Å². The first-order valence-electron chi connectivity index (χ1n) is 25.6. The summed E-state index contributed by atoms with van der Waals surface area (Å²) in [7, 11) is 0. The zero-order chi connectivity index (χ0) is 49.5. The second kappa shape index (κ2) is 14.8. The predicted molar refractivity (Wildman–Crippen MR) is 293 cm³/mol. The Labute approximate surface area is 407 Å². The average Bonchev–Trinajstić information content (AvgIpc) is 4.22. The number of para-hydroxylation sites is 4. The average molecular weight is 903 g/mol. The molecule has 4 aromatic heterocycles. The van der Waals surface area contributed by atoms with Crippen molar-refractivity contribution in [1.82, 2.24) is 9.13 Å². The largest absolute Gasteiger partial charge is 0.455 e. The van der Waals surface area contributed by atoms with E-state index >= 15 is 0 Å². The maximum absolute atomic E-state index is 9.14. The summed E-state index contributed by atoms with van der Waals surface area (Å²) >= 11 is 1.81. The van der Waals surface area contributed by atoms with E-state index < -0.39 is 6.04 Å². The number of aromatic nitrogens is 2. The molecule has 0 atom stereocenters. The van der Waals surface area contributed by atoms with Gasteiger partial charge in [0.25, 0.3) is 0 Å². The highest BCUT2D eigenvalue weighted by atomic mass is 32.1. The molecule has 0 unspecified atom stereocenters. The lowest BCUT2D eigenvalue weighted by Crippen LogP contribution is -2.10. The quantitative estimate of drug-likeness (QED) is 0.166. The van der Waals surface area contributed by atoms with Crippen LogP contribution in [0.2, 0.25) is 0 Å². The fourth-order valence-corrected chi connectivity index (χ4v) is 11.9. The third kappa shape index (κ3) is 5.81. The molecule has 0 aliphatic carbocycles. The molecule has 0 saturated heterocycles. The number of nitrogens with zero attached hydrogens (tertiary/aromatic N) is 3. The summed E-state index contributed by atoms with van der Waals surface area (Å²) < 4.78 is 57.2. The number of hydrogen-bond acceptors (Lipinski definition) is 3. The molecule has 0 saturated carbocycles. The van der Waals surface area contributed by atoms with Gasteiger partial charge in [-0.1, -0.05) is 115 Å². The molecule has 11 aromatic carbocycles. The molecule has 0 radical (unpaired) electrons. The molecule has 322 valence electrons. The summed E-state index contributed by atoms with van der Waals surface area (Å²) in [6.45, 7) is 0. The Kier molecular flexibility index (Phi) is 7.20. The molecule has 0 spiro atoms. The Balaban J connectivity index is 0.887. The first kappa shape index (κ1) is 33.6. The van der Waals surface area contributed by atoms with Crippen LogP contribution in [0.3, 0.4) is 0 Å². The second-order valence-corrected chi connectivity index (χ2v) is 18.8. The van der Waals surface area contributed by atoms with E-state index in [1.807, 2.05) is 46.2 Å². The second-order valence-electron chi connectivity index (χ2n) is 17.7. The molecule has 0 N–H and O–H groups in total. The van der Waals surface area contributed by atoms with E-state index in [4.69, 9.17) is 11.3 Å². The van der Waals surface area contributed by atoms with Crippen LogP contribution in [-0.2, 0) is 0 Å². The highest BCUT2D eigenvalue weighted by molar-refractivity contribution is 7.25. The maximum atomic E-state index is 9.14. The highest BCUT2D eigenvalue weighted by Gasteiger charge is 2.20. The predicted octanol–water partition coefficient (Wildman–Crippen LogP) is 18.4. The molecule has 0 bridgehead atoms. The molecule has 0 amide bonds. The number of anilines is 3. The van der Waals surface area contributed by atoms with Crippen molar-refractivity contribution in [2.45, 2.75) is 0 Å². The van der Waals surface area contributed by atoms with Crippen LogP contribution in [0.25, 0.3) is 119 Å². The van der Waals surface area contributed by atoms with Crippen molar-refractivity contribution in [2.75, 3.05) is 4.90 Å². The van der Waals surface area contributed by atoms with Crippen LogP contribution in [0, 0.1) is 0 Å². The van der Waals surface area contributed by atoms with Gasteiger partial charge < -0.3 is 18.5 Å². The van der Waals surface area contributed by atoms with E-state index in [1.165, 1.54) is 30.9 Å². The Morgan fingerprint density at radius 3 is 1.77 bits per heavy atom. The van der Waals surface area contributed by atoms with Crippen molar-refractivity contribution in [2.24, 2.45) is 0 Å². The zero-order valence-corrected chi connectivity index (χ0v) is 37.6. The monoisotopic (exact) mass is 902 g/mol. The van der Waals surface area contributed by atoms with Gasteiger partial charge in [0.1, 0.15) is 11.2 Å². The number of hydrogen-bond donors (Lipinski definition) is 0. The summed E-state index contributed by atoms with van der Waals surface area (Å²) in [6, 6.07) is 70.9. The van der Waals surface area contributed by atoms with E-state index in [0.29, 0.717) is 5.52 Å². The molecule has 15 aromatic rings. The summed E-state index contributed by atoms with van der Waals surface area (Å²) in [5, 5.41) is 10.5. The van der Waals surface area contributed by atoms with Gasteiger partial charge in [0.2, 0.25) is 0 Å². The molecule has 4 heterocycles. The van der Waals surface area contributed by atoms with Crippen molar-refractivity contribution in [3.8, 4) is 22.5 Å². The lowest BCUT2D eigenvalue weighted by atomic mass is 10.00. The first-order chi connectivity index (χ1) is 36.3. The normalized spacial score (nSPS) is 13.1. The standard InChI is InChI=1S/C64H39N3OS/c1-2-12-43(13-3-1)67-59-34-25-41(36-54(59)55-37-42-24-33-52-50-16-6-10-20-61(50)68-64(52)53(42)39-60(55)67)40-22-26-44(27-23-40)65(47-32-35-63-56(38-47)51-17-7-11-21-62(51)69-63)45-28-30-46(31-29-45)66-57-18-8-4-14-48(57)49-15-5-9-19-58(49)66/h1-39H/i1D,2D,3D,12D,13D. The van der Waals surface area contributed by atoms with Crippen molar-refractivity contribution < 1.29 is 11.3 Å². The topological polar surface area (TPSA) is 26.2 Å². The van der Waals surface area contributed by atoms with Crippen LogP contribution >= 0.6 is 11.3 Å². The lowest BCUT2D eigenvalue weighted by molar-refractivity contribution is 0.672. The van der Waals surface area contributed by atoms with Crippen LogP contribution in [0.15, 0.2) is 241 Å². The van der Waals surface area contributed by atoms with E-state index in [1.54, 1.807) is 0 Å². The smallest absolute Gasteiger partial charge is 0.143 e. The first-order valence-corrected chi connectivity index (χ1v) is 23.9. The minimum atomic E-state index is -0.430. The van der Waals surface area contributed by atoms with Gasteiger partial charge in [0.15, 0.2) is 0 Å². The number of furan rings is 1. The van der Waals surface area contributed by atoms with Crippen LogP contribution in [0.4, 0.5) is 17.1 Å². The third-order valence-corrected chi connectivity index (χ3v) is 15.1. The molecular formula is C64H39N3OS. The lowest BCUT2D eigenvalue weighted by Gasteiger charge is -2.26. The van der Waals surface area contributed by atoms with Crippen molar-refractivity contribution >= 4 is 125 Å². The summed E-state index contributed by atoms with van der Waals surface area (Å²) in [4.78, 5) is 2.33.